The Labute approximate surface area is 103 Å². The van der Waals surface area contributed by atoms with Crippen molar-refractivity contribution in [2.45, 2.75) is 39.7 Å². The van der Waals surface area contributed by atoms with Gasteiger partial charge in [0.15, 0.2) is 0 Å². The molecule has 1 amide bonds. The van der Waals surface area contributed by atoms with E-state index in [-0.39, 0.29) is 17.2 Å². The summed E-state index contributed by atoms with van der Waals surface area (Å²) in [6.07, 6.45) is 1.96. The predicted molar refractivity (Wildman–Crippen MR) is 70.5 cm³/mol. The van der Waals surface area contributed by atoms with Gasteiger partial charge in [-0.1, -0.05) is 20.8 Å². The molecular formula is C12H24N2OS. The largest absolute Gasteiger partial charge is 0.352 e. The minimum absolute atomic E-state index is 0.0365. The van der Waals surface area contributed by atoms with Gasteiger partial charge in [-0.2, -0.15) is 11.8 Å². The first-order valence-corrected chi connectivity index (χ1v) is 7.16. The van der Waals surface area contributed by atoms with Crippen molar-refractivity contribution in [1.82, 2.24) is 5.32 Å². The van der Waals surface area contributed by atoms with Gasteiger partial charge in [0, 0.05) is 18.3 Å². The maximum absolute atomic E-state index is 12.0. The number of hydrogen-bond acceptors (Lipinski definition) is 3. The van der Waals surface area contributed by atoms with Crippen molar-refractivity contribution >= 4 is 17.7 Å². The summed E-state index contributed by atoms with van der Waals surface area (Å²) in [5.41, 5.74) is 5.85. The molecule has 3 N–H and O–H groups in total. The van der Waals surface area contributed by atoms with Crippen LogP contribution < -0.4 is 11.1 Å². The van der Waals surface area contributed by atoms with Gasteiger partial charge in [0.2, 0.25) is 5.91 Å². The third-order valence-corrected chi connectivity index (χ3v) is 3.95. The normalized spacial score (nSPS) is 23.1. The van der Waals surface area contributed by atoms with Crippen LogP contribution in [0.5, 0.6) is 0 Å². The fourth-order valence-electron chi connectivity index (χ4n) is 1.99. The fourth-order valence-corrected chi connectivity index (χ4v) is 3.14. The van der Waals surface area contributed by atoms with Crippen LogP contribution in [0, 0.1) is 11.3 Å². The van der Waals surface area contributed by atoms with E-state index in [1.165, 1.54) is 0 Å². The van der Waals surface area contributed by atoms with E-state index in [0.717, 1.165) is 24.3 Å². The van der Waals surface area contributed by atoms with Crippen molar-refractivity contribution < 1.29 is 4.79 Å². The molecule has 1 aliphatic heterocycles. The molecule has 0 aliphatic carbocycles. The molecule has 1 rings (SSSR count). The van der Waals surface area contributed by atoms with E-state index in [4.69, 9.17) is 5.73 Å². The minimum Gasteiger partial charge on any atom is -0.352 e. The van der Waals surface area contributed by atoms with Crippen LogP contribution in [-0.2, 0) is 4.79 Å². The van der Waals surface area contributed by atoms with Gasteiger partial charge in [-0.25, -0.2) is 0 Å². The Kier molecular flexibility index (Phi) is 5.12. The number of hydrogen-bond donors (Lipinski definition) is 2. The standard InChI is InChI=1S/C12H24N2OS/c1-12(2,3)6-9(7-13)11(15)14-10-4-5-16-8-10/h9-10H,4-8,13H2,1-3H3,(H,14,15). The van der Waals surface area contributed by atoms with E-state index >= 15 is 0 Å². The number of nitrogens with two attached hydrogens (primary N) is 1. The smallest absolute Gasteiger partial charge is 0.224 e. The zero-order valence-corrected chi connectivity index (χ0v) is 11.4. The van der Waals surface area contributed by atoms with Crippen LogP contribution in [0.25, 0.3) is 0 Å². The van der Waals surface area contributed by atoms with E-state index in [1.54, 1.807) is 0 Å². The highest BCUT2D eigenvalue weighted by Gasteiger charge is 2.26. The average molecular weight is 244 g/mol. The van der Waals surface area contributed by atoms with E-state index < -0.39 is 0 Å². The molecule has 1 saturated heterocycles. The lowest BCUT2D eigenvalue weighted by molar-refractivity contribution is -0.126. The van der Waals surface area contributed by atoms with Crippen LogP contribution in [0.1, 0.15) is 33.6 Å². The van der Waals surface area contributed by atoms with Gasteiger partial charge in [-0.05, 0) is 24.0 Å². The van der Waals surface area contributed by atoms with Gasteiger partial charge in [0.1, 0.15) is 0 Å². The lowest BCUT2D eigenvalue weighted by atomic mass is 9.84. The van der Waals surface area contributed by atoms with E-state index in [0.29, 0.717) is 12.6 Å². The highest BCUT2D eigenvalue weighted by Crippen LogP contribution is 2.24. The summed E-state index contributed by atoms with van der Waals surface area (Å²) in [6, 6.07) is 0.367. The molecule has 0 radical (unpaired) electrons. The monoisotopic (exact) mass is 244 g/mol. The molecule has 3 nitrogen and oxygen atoms in total. The molecule has 0 bridgehead atoms. The van der Waals surface area contributed by atoms with Crippen LogP contribution in [-0.4, -0.2) is 30.0 Å². The second-order valence-corrected chi connectivity index (χ2v) is 6.92. The lowest BCUT2D eigenvalue weighted by Crippen LogP contribution is -2.42. The van der Waals surface area contributed by atoms with Gasteiger partial charge < -0.3 is 11.1 Å². The first-order chi connectivity index (χ1) is 7.42. The van der Waals surface area contributed by atoms with Gasteiger partial charge in [0.25, 0.3) is 0 Å². The Hall–Kier alpha value is -0.220. The SMILES string of the molecule is CC(C)(C)CC(CN)C(=O)NC1CCSC1. The van der Waals surface area contributed by atoms with Crippen molar-refractivity contribution in [3.63, 3.8) is 0 Å². The molecule has 0 aromatic carbocycles. The van der Waals surface area contributed by atoms with Crippen molar-refractivity contribution in [3.05, 3.63) is 0 Å². The summed E-state index contributed by atoms with van der Waals surface area (Å²) in [7, 11) is 0. The highest BCUT2D eigenvalue weighted by atomic mass is 32.2. The number of carbonyl (C=O) groups is 1. The highest BCUT2D eigenvalue weighted by molar-refractivity contribution is 7.99. The van der Waals surface area contributed by atoms with Crippen LogP contribution in [0.4, 0.5) is 0 Å². The number of amides is 1. The van der Waals surface area contributed by atoms with Crippen LogP contribution in [0.3, 0.4) is 0 Å². The third kappa shape index (κ3) is 4.74. The van der Waals surface area contributed by atoms with E-state index in [9.17, 15) is 4.79 Å². The summed E-state index contributed by atoms with van der Waals surface area (Å²) < 4.78 is 0. The first kappa shape index (κ1) is 13.8. The Morgan fingerprint density at radius 3 is 2.69 bits per heavy atom. The molecule has 1 aliphatic rings. The molecule has 16 heavy (non-hydrogen) atoms. The Morgan fingerprint density at radius 2 is 2.25 bits per heavy atom. The zero-order chi connectivity index (χ0) is 12.2. The maximum Gasteiger partial charge on any atom is 0.224 e. The quantitative estimate of drug-likeness (QED) is 0.790. The van der Waals surface area contributed by atoms with E-state index in [1.807, 2.05) is 11.8 Å². The second kappa shape index (κ2) is 5.92. The molecule has 2 atom stereocenters. The number of thioether (sulfide) groups is 1. The molecule has 1 fully saturated rings. The van der Waals surface area contributed by atoms with Crippen LogP contribution >= 0.6 is 11.8 Å². The van der Waals surface area contributed by atoms with Crippen molar-refractivity contribution in [3.8, 4) is 0 Å². The molecule has 0 spiro atoms. The summed E-state index contributed by atoms with van der Waals surface area (Å²) in [4.78, 5) is 12.0. The summed E-state index contributed by atoms with van der Waals surface area (Å²) in [5.74, 6) is 2.33. The Bertz CT molecular complexity index is 232. The molecule has 2 unspecified atom stereocenters. The van der Waals surface area contributed by atoms with Gasteiger partial charge in [-0.3, -0.25) is 4.79 Å². The van der Waals surface area contributed by atoms with E-state index in [2.05, 4.69) is 26.1 Å². The summed E-state index contributed by atoms with van der Waals surface area (Å²) >= 11 is 1.91. The molecule has 0 aromatic rings. The first-order valence-electron chi connectivity index (χ1n) is 6.00. The van der Waals surface area contributed by atoms with Gasteiger partial charge in [0.05, 0.1) is 5.92 Å². The number of rotatable bonds is 4. The molecule has 0 aromatic heterocycles. The zero-order valence-electron chi connectivity index (χ0n) is 10.6. The third-order valence-electron chi connectivity index (χ3n) is 2.79. The molecule has 0 saturated carbocycles. The molecule has 4 heteroatoms. The summed E-state index contributed by atoms with van der Waals surface area (Å²) in [5, 5.41) is 3.11. The fraction of sp³-hybridized carbons (Fsp3) is 0.917. The summed E-state index contributed by atoms with van der Waals surface area (Å²) in [6.45, 7) is 6.89. The van der Waals surface area contributed by atoms with Crippen LogP contribution in [0.15, 0.2) is 0 Å². The molecule has 1 heterocycles. The van der Waals surface area contributed by atoms with Crippen molar-refractivity contribution in [2.24, 2.45) is 17.1 Å². The number of nitrogens with one attached hydrogen (secondary N) is 1. The minimum atomic E-state index is -0.0365. The lowest BCUT2D eigenvalue weighted by Gasteiger charge is -2.25. The predicted octanol–water partition coefficient (Wildman–Crippen LogP) is 1.62. The van der Waals surface area contributed by atoms with Crippen LogP contribution in [0.2, 0.25) is 0 Å². The molecular weight excluding hydrogens is 220 g/mol. The average Bonchev–Trinajstić information content (AvgIpc) is 2.65. The van der Waals surface area contributed by atoms with Gasteiger partial charge >= 0.3 is 0 Å². The Balaban J connectivity index is 2.42. The van der Waals surface area contributed by atoms with Crippen molar-refractivity contribution in [2.75, 3.05) is 18.1 Å². The van der Waals surface area contributed by atoms with Gasteiger partial charge in [-0.15, -0.1) is 0 Å². The maximum atomic E-state index is 12.0. The second-order valence-electron chi connectivity index (χ2n) is 5.77. The van der Waals surface area contributed by atoms with Crippen molar-refractivity contribution in [1.29, 1.82) is 0 Å². The molecule has 94 valence electrons. The topological polar surface area (TPSA) is 55.1 Å². The number of carbonyl (C=O) groups excluding carboxylic acids is 1. The Morgan fingerprint density at radius 1 is 1.56 bits per heavy atom.